The van der Waals surface area contributed by atoms with E-state index in [9.17, 15) is 0 Å². The van der Waals surface area contributed by atoms with Crippen molar-refractivity contribution in [2.75, 3.05) is 0 Å². The SMILES string of the molecule is CC(C)(Cc1ccccc1)c1c2ccccc2cc2ccccc12. The molecular weight excluding hydrogens is 288 g/mol. The lowest BCUT2D eigenvalue weighted by atomic mass is 9.75. The lowest BCUT2D eigenvalue weighted by molar-refractivity contribution is 0.531. The Kier molecular flexibility index (Phi) is 3.61. The highest BCUT2D eigenvalue weighted by molar-refractivity contribution is 6.03. The molecule has 0 fully saturated rings. The summed E-state index contributed by atoms with van der Waals surface area (Å²) in [4.78, 5) is 0. The molecule has 0 bridgehead atoms. The van der Waals surface area contributed by atoms with E-state index in [1.54, 1.807) is 0 Å². The molecule has 0 spiro atoms. The first-order chi connectivity index (χ1) is 11.6. The minimum atomic E-state index is 0.0574. The van der Waals surface area contributed by atoms with Gasteiger partial charge in [0.05, 0.1) is 0 Å². The molecule has 0 aromatic heterocycles. The van der Waals surface area contributed by atoms with E-state index in [4.69, 9.17) is 0 Å². The van der Waals surface area contributed by atoms with Gasteiger partial charge in [-0.1, -0.05) is 92.7 Å². The zero-order valence-corrected chi connectivity index (χ0v) is 14.3. The molecule has 4 rings (SSSR count). The Bertz CT molecular complexity index is 940. The first-order valence-electron chi connectivity index (χ1n) is 8.60. The van der Waals surface area contributed by atoms with Gasteiger partial charge in [0, 0.05) is 0 Å². The maximum atomic E-state index is 2.37. The van der Waals surface area contributed by atoms with E-state index < -0.39 is 0 Å². The predicted octanol–water partition coefficient (Wildman–Crippen LogP) is 6.51. The van der Waals surface area contributed by atoms with Gasteiger partial charge in [-0.05, 0) is 50.6 Å². The molecule has 4 aromatic carbocycles. The van der Waals surface area contributed by atoms with Gasteiger partial charge in [-0.3, -0.25) is 0 Å². The third-order valence-electron chi connectivity index (χ3n) is 4.94. The molecule has 0 aliphatic heterocycles. The van der Waals surface area contributed by atoms with Crippen molar-refractivity contribution in [1.82, 2.24) is 0 Å². The first-order valence-corrected chi connectivity index (χ1v) is 8.60. The molecule has 0 N–H and O–H groups in total. The van der Waals surface area contributed by atoms with E-state index in [2.05, 4.69) is 98.8 Å². The highest BCUT2D eigenvalue weighted by Gasteiger charge is 2.25. The van der Waals surface area contributed by atoms with Gasteiger partial charge in [-0.15, -0.1) is 0 Å². The molecule has 118 valence electrons. The summed E-state index contributed by atoms with van der Waals surface area (Å²) in [6.45, 7) is 4.74. The second-order valence-corrected chi connectivity index (χ2v) is 7.24. The van der Waals surface area contributed by atoms with Crippen molar-refractivity contribution in [1.29, 1.82) is 0 Å². The van der Waals surface area contributed by atoms with Crippen LogP contribution in [0.3, 0.4) is 0 Å². The van der Waals surface area contributed by atoms with Crippen molar-refractivity contribution < 1.29 is 0 Å². The monoisotopic (exact) mass is 310 g/mol. The van der Waals surface area contributed by atoms with Gasteiger partial charge in [0.15, 0.2) is 0 Å². The lowest BCUT2D eigenvalue weighted by Crippen LogP contribution is -2.21. The summed E-state index contributed by atoms with van der Waals surface area (Å²) < 4.78 is 0. The van der Waals surface area contributed by atoms with Crippen LogP contribution in [0, 0.1) is 0 Å². The van der Waals surface area contributed by atoms with Crippen LogP contribution in [0.15, 0.2) is 84.9 Å². The van der Waals surface area contributed by atoms with Crippen LogP contribution < -0.4 is 0 Å². The molecular formula is C24H22. The van der Waals surface area contributed by atoms with Crippen LogP contribution in [-0.2, 0) is 11.8 Å². The average Bonchev–Trinajstić information content (AvgIpc) is 2.60. The van der Waals surface area contributed by atoms with Crippen molar-refractivity contribution in [3.05, 3.63) is 96.1 Å². The molecule has 0 atom stereocenters. The Morgan fingerprint density at radius 2 is 1.12 bits per heavy atom. The van der Waals surface area contributed by atoms with Gasteiger partial charge in [-0.2, -0.15) is 0 Å². The standard InChI is InChI=1S/C24H22/c1-24(2,17-18-10-4-3-5-11-18)23-21-14-8-6-12-19(21)16-20-13-7-9-15-22(20)23/h3-16H,17H2,1-2H3. The molecule has 24 heavy (non-hydrogen) atoms. The minimum Gasteiger partial charge on any atom is -0.0622 e. The molecule has 0 amide bonds. The summed E-state index contributed by atoms with van der Waals surface area (Å²) in [6, 6.07) is 30.7. The van der Waals surface area contributed by atoms with Crippen LogP contribution in [0.5, 0.6) is 0 Å². The number of hydrogen-bond donors (Lipinski definition) is 0. The summed E-state index contributed by atoms with van der Waals surface area (Å²) in [5, 5.41) is 5.40. The average molecular weight is 310 g/mol. The van der Waals surface area contributed by atoms with Crippen molar-refractivity contribution in [2.24, 2.45) is 0 Å². The molecule has 0 nitrogen and oxygen atoms in total. The Hall–Kier alpha value is -2.60. The molecule has 4 aromatic rings. The number of benzene rings is 4. The molecule has 0 radical (unpaired) electrons. The summed E-state index contributed by atoms with van der Waals surface area (Å²) in [6.07, 6.45) is 1.03. The normalized spacial score (nSPS) is 11.9. The second-order valence-electron chi connectivity index (χ2n) is 7.24. The van der Waals surface area contributed by atoms with E-state index >= 15 is 0 Å². The topological polar surface area (TPSA) is 0 Å². The number of fused-ring (bicyclic) bond motifs is 2. The molecule has 0 aliphatic rings. The largest absolute Gasteiger partial charge is 0.0622 e. The number of hydrogen-bond acceptors (Lipinski definition) is 0. The maximum absolute atomic E-state index is 2.37. The van der Waals surface area contributed by atoms with Crippen LogP contribution in [0.25, 0.3) is 21.5 Å². The van der Waals surface area contributed by atoms with Crippen molar-refractivity contribution in [2.45, 2.75) is 25.7 Å². The van der Waals surface area contributed by atoms with Gasteiger partial charge in [-0.25, -0.2) is 0 Å². The zero-order chi connectivity index (χ0) is 16.6. The van der Waals surface area contributed by atoms with Gasteiger partial charge in [0.25, 0.3) is 0 Å². The summed E-state index contributed by atoms with van der Waals surface area (Å²) in [5.74, 6) is 0. The van der Waals surface area contributed by atoms with Gasteiger partial charge < -0.3 is 0 Å². The fourth-order valence-corrected chi connectivity index (χ4v) is 3.94. The van der Waals surface area contributed by atoms with Crippen LogP contribution in [0.2, 0.25) is 0 Å². The van der Waals surface area contributed by atoms with Crippen molar-refractivity contribution in [3.8, 4) is 0 Å². The van der Waals surface area contributed by atoms with Gasteiger partial charge >= 0.3 is 0 Å². The fraction of sp³-hybridized carbons (Fsp3) is 0.167. The third kappa shape index (κ3) is 2.59. The summed E-state index contributed by atoms with van der Waals surface area (Å²) in [7, 11) is 0. The van der Waals surface area contributed by atoms with E-state index in [1.807, 2.05) is 0 Å². The Labute approximate surface area is 143 Å². The molecule has 0 heteroatoms. The Morgan fingerprint density at radius 3 is 1.71 bits per heavy atom. The number of rotatable bonds is 3. The van der Waals surface area contributed by atoms with Crippen molar-refractivity contribution >= 4 is 21.5 Å². The van der Waals surface area contributed by atoms with Crippen LogP contribution in [0.4, 0.5) is 0 Å². The summed E-state index contributed by atoms with van der Waals surface area (Å²) >= 11 is 0. The molecule has 0 aliphatic carbocycles. The molecule has 0 unspecified atom stereocenters. The van der Waals surface area contributed by atoms with Gasteiger partial charge in [0.2, 0.25) is 0 Å². The zero-order valence-electron chi connectivity index (χ0n) is 14.3. The quantitative estimate of drug-likeness (QED) is 0.378. The molecule has 0 saturated carbocycles. The Morgan fingerprint density at radius 1 is 0.625 bits per heavy atom. The van der Waals surface area contributed by atoms with Crippen LogP contribution >= 0.6 is 0 Å². The third-order valence-corrected chi connectivity index (χ3v) is 4.94. The highest BCUT2D eigenvalue weighted by Crippen LogP contribution is 2.38. The van der Waals surface area contributed by atoms with E-state index in [0.29, 0.717) is 0 Å². The minimum absolute atomic E-state index is 0.0574. The maximum Gasteiger partial charge on any atom is -0.00509 e. The highest BCUT2D eigenvalue weighted by atomic mass is 14.3. The fourth-order valence-electron chi connectivity index (χ4n) is 3.94. The van der Waals surface area contributed by atoms with E-state index in [1.165, 1.54) is 32.7 Å². The smallest absolute Gasteiger partial charge is 0.00509 e. The van der Waals surface area contributed by atoms with E-state index in [-0.39, 0.29) is 5.41 Å². The second kappa shape index (κ2) is 5.79. The molecule has 0 heterocycles. The lowest BCUT2D eigenvalue weighted by Gasteiger charge is -2.29. The summed E-state index contributed by atoms with van der Waals surface area (Å²) in [5.41, 5.74) is 2.90. The van der Waals surface area contributed by atoms with Crippen LogP contribution in [0.1, 0.15) is 25.0 Å². The van der Waals surface area contributed by atoms with Gasteiger partial charge in [0.1, 0.15) is 0 Å². The van der Waals surface area contributed by atoms with Crippen LogP contribution in [-0.4, -0.2) is 0 Å². The van der Waals surface area contributed by atoms with E-state index in [0.717, 1.165) is 6.42 Å². The first kappa shape index (κ1) is 15.0. The predicted molar refractivity (Wildman–Crippen MR) is 105 cm³/mol. The van der Waals surface area contributed by atoms with Crippen molar-refractivity contribution in [3.63, 3.8) is 0 Å². The molecule has 0 saturated heterocycles. The Balaban J connectivity index is 1.98.